The van der Waals surface area contributed by atoms with E-state index in [-0.39, 0.29) is 24.3 Å². The lowest BCUT2D eigenvalue weighted by Crippen LogP contribution is -2.36. The fourth-order valence-electron chi connectivity index (χ4n) is 2.06. The zero-order chi connectivity index (χ0) is 11.8. The predicted octanol–water partition coefficient (Wildman–Crippen LogP) is 1.73. The van der Waals surface area contributed by atoms with Crippen molar-refractivity contribution in [3.63, 3.8) is 0 Å². The molecule has 3 unspecified atom stereocenters. The van der Waals surface area contributed by atoms with Crippen molar-refractivity contribution in [2.75, 3.05) is 13.2 Å². The molecule has 2 aliphatic rings. The topological polar surface area (TPSA) is 44.8 Å². The van der Waals surface area contributed by atoms with E-state index in [0.717, 1.165) is 19.4 Å². The Hall–Kier alpha value is -0.610. The van der Waals surface area contributed by atoms with Crippen molar-refractivity contribution in [3.8, 4) is 0 Å². The quantitative estimate of drug-likeness (QED) is 0.641. The molecule has 4 heteroatoms. The van der Waals surface area contributed by atoms with E-state index < -0.39 is 5.41 Å². The monoisotopic (exact) mass is 228 g/mol. The van der Waals surface area contributed by atoms with Crippen LogP contribution in [0, 0.1) is 11.3 Å². The highest BCUT2D eigenvalue weighted by atomic mass is 16.7. The molecule has 16 heavy (non-hydrogen) atoms. The molecule has 0 bridgehead atoms. The highest BCUT2D eigenvalue weighted by Crippen LogP contribution is 2.33. The van der Waals surface area contributed by atoms with Gasteiger partial charge in [-0.1, -0.05) is 0 Å². The third kappa shape index (κ3) is 2.38. The van der Waals surface area contributed by atoms with Gasteiger partial charge in [0.15, 0.2) is 6.29 Å². The minimum absolute atomic E-state index is 0.128. The smallest absolute Gasteiger partial charge is 0.311 e. The van der Waals surface area contributed by atoms with Crippen LogP contribution in [0.2, 0.25) is 0 Å². The van der Waals surface area contributed by atoms with Crippen molar-refractivity contribution in [2.24, 2.45) is 11.3 Å². The molecular formula is C12H20O4. The Bertz CT molecular complexity index is 269. The highest BCUT2D eigenvalue weighted by Gasteiger charge is 2.43. The largest absolute Gasteiger partial charge is 0.459 e. The van der Waals surface area contributed by atoms with E-state index in [0.29, 0.717) is 6.61 Å². The summed E-state index contributed by atoms with van der Waals surface area (Å²) in [7, 11) is 0. The Morgan fingerprint density at radius 2 is 2.06 bits per heavy atom. The first-order chi connectivity index (χ1) is 7.48. The Kier molecular flexibility index (Phi) is 3.22. The van der Waals surface area contributed by atoms with Crippen LogP contribution in [-0.2, 0) is 19.0 Å². The van der Waals surface area contributed by atoms with Gasteiger partial charge in [-0.25, -0.2) is 0 Å². The highest BCUT2D eigenvalue weighted by molar-refractivity contribution is 5.75. The second-order valence-corrected chi connectivity index (χ2v) is 5.57. The molecule has 0 aliphatic carbocycles. The zero-order valence-electron chi connectivity index (χ0n) is 10.2. The van der Waals surface area contributed by atoms with Gasteiger partial charge in [-0.2, -0.15) is 0 Å². The van der Waals surface area contributed by atoms with Gasteiger partial charge in [0.05, 0.1) is 12.0 Å². The SMILES string of the molecule is CC(C)(C)C(=O)OC1COC2OCCCC12. The second-order valence-electron chi connectivity index (χ2n) is 5.57. The lowest BCUT2D eigenvalue weighted by molar-refractivity contribution is -0.164. The third-order valence-corrected chi connectivity index (χ3v) is 3.09. The molecule has 0 aromatic carbocycles. The summed E-state index contributed by atoms with van der Waals surface area (Å²) in [5, 5.41) is 0. The number of ether oxygens (including phenoxy) is 3. The van der Waals surface area contributed by atoms with Gasteiger partial charge < -0.3 is 14.2 Å². The molecule has 0 saturated carbocycles. The summed E-state index contributed by atoms with van der Waals surface area (Å²) < 4.78 is 16.5. The van der Waals surface area contributed by atoms with Crippen LogP contribution >= 0.6 is 0 Å². The Balaban J connectivity index is 1.93. The fourth-order valence-corrected chi connectivity index (χ4v) is 2.06. The van der Waals surface area contributed by atoms with E-state index >= 15 is 0 Å². The molecule has 2 aliphatic heterocycles. The average Bonchev–Trinajstić information content (AvgIpc) is 2.61. The fraction of sp³-hybridized carbons (Fsp3) is 0.917. The predicted molar refractivity (Wildman–Crippen MR) is 57.8 cm³/mol. The molecule has 2 rings (SSSR count). The number of fused-ring (bicyclic) bond motifs is 1. The van der Waals surface area contributed by atoms with Crippen LogP contribution in [0.15, 0.2) is 0 Å². The number of esters is 1. The van der Waals surface area contributed by atoms with Crippen LogP contribution in [0.1, 0.15) is 33.6 Å². The molecule has 3 atom stereocenters. The van der Waals surface area contributed by atoms with Crippen LogP contribution in [0.25, 0.3) is 0 Å². The second kappa shape index (κ2) is 4.34. The van der Waals surface area contributed by atoms with Crippen molar-refractivity contribution in [1.82, 2.24) is 0 Å². The number of hydrogen-bond acceptors (Lipinski definition) is 4. The summed E-state index contributed by atoms with van der Waals surface area (Å²) in [6.07, 6.45) is 1.75. The maximum Gasteiger partial charge on any atom is 0.311 e. The molecule has 0 N–H and O–H groups in total. The van der Waals surface area contributed by atoms with Crippen LogP contribution in [0.3, 0.4) is 0 Å². The third-order valence-electron chi connectivity index (χ3n) is 3.09. The van der Waals surface area contributed by atoms with E-state index in [9.17, 15) is 4.79 Å². The lowest BCUT2D eigenvalue weighted by atomic mass is 9.95. The number of carbonyl (C=O) groups is 1. The minimum Gasteiger partial charge on any atom is -0.459 e. The van der Waals surface area contributed by atoms with Crippen LogP contribution in [0.5, 0.6) is 0 Å². The Morgan fingerprint density at radius 1 is 1.31 bits per heavy atom. The lowest BCUT2D eigenvalue weighted by Gasteiger charge is -2.28. The summed E-state index contributed by atoms with van der Waals surface area (Å²) in [5.41, 5.74) is -0.451. The van der Waals surface area contributed by atoms with E-state index in [1.165, 1.54) is 0 Å². The Labute approximate surface area is 96.2 Å². The summed E-state index contributed by atoms with van der Waals surface area (Å²) in [4.78, 5) is 11.8. The molecule has 4 nitrogen and oxygen atoms in total. The van der Waals surface area contributed by atoms with Crippen molar-refractivity contribution < 1.29 is 19.0 Å². The van der Waals surface area contributed by atoms with Crippen LogP contribution in [-0.4, -0.2) is 31.6 Å². The number of carbonyl (C=O) groups excluding carboxylic acids is 1. The molecule has 0 spiro atoms. The number of rotatable bonds is 1. The summed E-state index contributed by atoms with van der Waals surface area (Å²) in [6, 6.07) is 0. The summed E-state index contributed by atoms with van der Waals surface area (Å²) in [5.74, 6) is 0.0624. The van der Waals surface area contributed by atoms with Gasteiger partial charge in [0.2, 0.25) is 0 Å². The van der Waals surface area contributed by atoms with Crippen molar-refractivity contribution >= 4 is 5.97 Å². The van der Waals surface area contributed by atoms with Gasteiger partial charge in [0.1, 0.15) is 6.10 Å². The van der Waals surface area contributed by atoms with E-state index in [2.05, 4.69) is 0 Å². The summed E-state index contributed by atoms with van der Waals surface area (Å²) in [6.45, 7) is 6.80. The molecule has 2 saturated heterocycles. The molecule has 2 fully saturated rings. The first-order valence-electron chi connectivity index (χ1n) is 5.93. The van der Waals surface area contributed by atoms with Gasteiger partial charge in [0, 0.05) is 12.5 Å². The molecule has 0 radical (unpaired) electrons. The first-order valence-corrected chi connectivity index (χ1v) is 5.93. The van der Waals surface area contributed by atoms with Crippen molar-refractivity contribution in [3.05, 3.63) is 0 Å². The molecule has 92 valence electrons. The molecule has 0 amide bonds. The van der Waals surface area contributed by atoms with Crippen LogP contribution < -0.4 is 0 Å². The molecule has 0 aromatic rings. The van der Waals surface area contributed by atoms with E-state index in [1.54, 1.807) is 0 Å². The maximum absolute atomic E-state index is 11.8. The van der Waals surface area contributed by atoms with Gasteiger partial charge in [-0.05, 0) is 33.6 Å². The van der Waals surface area contributed by atoms with Crippen molar-refractivity contribution in [2.45, 2.75) is 46.0 Å². The van der Waals surface area contributed by atoms with Gasteiger partial charge in [-0.15, -0.1) is 0 Å². The van der Waals surface area contributed by atoms with Gasteiger partial charge in [-0.3, -0.25) is 4.79 Å². The minimum atomic E-state index is -0.451. The van der Waals surface area contributed by atoms with Gasteiger partial charge in [0.25, 0.3) is 0 Å². The summed E-state index contributed by atoms with van der Waals surface area (Å²) >= 11 is 0. The van der Waals surface area contributed by atoms with Crippen molar-refractivity contribution in [1.29, 1.82) is 0 Å². The molecule has 2 heterocycles. The van der Waals surface area contributed by atoms with E-state index in [1.807, 2.05) is 20.8 Å². The zero-order valence-corrected chi connectivity index (χ0v) is 10.2. The van der Waals surface area contributed by atoms with E-state index in [4.69, 9.17) is 14.2 Å². The van der Waals surface area contributed by atoms with Gasteiger partial charge >= 0.3 is 5.97 Å². The maximum atomic E-state index is 11.8. The first kappa shape index (κ1) is 11.9. The standard InChI is InChI=1S/C12H20O4/c1-12(2,3)11(13)16-9-7-15-10-8(9)5-4-6-14-10/h8-10H,4-7H2,1-3H3. The molecular weight excluding hydrogens is 208 g/mol. The van der Waals surface area contributed by atoms with Crippen LogP contribution in [0.4, 0.5) is 0 Å². The number of hydrogen-bond donors (Lipinski definition) is 0. The Morgan fingerprint density at radius 3 is 2.75 bits per heavy atom. The molecule has 0 aromatic heterocycles. The normalized spacial score (nSPS) is 34.6. The average molecular weight is 228 g/mol.